The summed E-state index contributed by atoms with van der Waals surface area (Å²) in [6.45, 7) is 1.65. The number of carbonyl (C=O) groups excluding carboxylic acids is 1. The number of Topliss-reactive ketones (excluding diaryl/α,β-unsaturated/α-hetero) is 1. The average molecular weight is 172 g/mol. The highest BCUT2D eigenvalue weighted by atomic mass is 16.1. The van der Waals surface area contributed by atoms with Crippen LogP contribution in [0.3, 0.4) is 0 Å². The summed E-state index contributed by atoms with van der Waals surface area (Å²) in [5.74, 6) is 0.193. The zero-order valence-electron chi connectivity index (χ0n) is 7.71. The first-order valence-corrected chi connectivity index (χ1v) is 4.57. The molecule has 0 aliphatic heterocycles. The average Bonchev–Trinajstić information content (AvgIpc) is 2.90. The van der Waals surface area contributed by atoms with Gasteiger partial charge in [0.1, 0.15) is 0 Å². The Bertz CT molecular complexity index is 354. The van der Waals surface area contributed by atoms with Crippen LogP contribution >= 0.6 is 0 Å². The van der Waals surface area contributed by atoms with Crippen LogP contribution in [0.2, 0.25) is 0 Å². The second-order valence-electron chi connectivity index (χ2n) is 3.40. The van der Waals surface area contributed by atoms with E-state index in [1.807, 2.05) is 30.3 Å². The van der Waals surface area contributed by atoms with Crippen molar-refractivity contribution in [2.24, 2.45) is 0 Å². The minimum absolute atomic E-state index is 0.193. The third kappa shape index (κ3) is 1.69. The van der Waals surface area contributed by atoms with E-state index in [1.165, 1.54) is 5.57 Å². The van der Waals surface area contributed by atoms with Gasteiger partial charge >= 0.3 is 0 Å². The number of allylic oxidation sites excluding steroid dienone is 2. The molecule has 1 nitrogen and oxygen atoms in total. The van der Waals surface area contributed by atoms with Crippen LogP contribution in [0, 0.1) is 0 Å². The normalized spacial score (nSPS) is 14.1. The standard InChI is InChI=1S/C12H12O/c1-9(13)12(11-7-8-11)10-5-3-2-4-6-10/h2-6H,7-8H2,1H3. The fraction of sp³-hybridized carbons (Fsp3) is 0.250. The van der Waals surface area contributed by atoms with E-state index in [4.69, 9.17) is 0 Å². The number of carbonyl (C=O) groups is 1. The number of hydrogen-bond acceptors (Lipinski definition) is 1. The second kappa shape index (κ2) is 3.17. The quantitative estimate of drug-likeness (QED) is 0.627. The van der Waals surface area contributed by atoms with E-state index < -0.39 is 0 Å². The number of benzene rings is 1. The van der Waals surface area contributed by atoms with Crippen molar-refractivity contribution in [3.63, 3.8) is 0 Å². The SMILES string of the molecule is CC(=O)C(=C1CC1)c1ccccc1. The highest BCUT2D eigenvalue weighted by Gasteiger charge is 2.21. The molecule has 1 saturated carbocycles. The first kappa shape index (κ1) is 8.24. The highest BCUT2D eigenvalue weighted by Crippen LogP contribution is 2.36. The van der Waals surface area contributed by atoms with E-state index in [2.05, 4.69) is 0 Å². The summed E-state index contributed by atoms with van der Waals surface area (Å²) in [7, 11) is 0. The topological polar surface area (TPSA) is 17.1 Å². The molecule has 66 valence electrons. The van der Waals surface area contributed by atoms with E-state index >= 15 is 0 Å². The molecule has 0 atom stereocenters. The van der Waals surface area contributed by atoms with E-state index in [0.717, 1.165) is 24.0 Å². The van der Waals surface area contributed by atoms with Gasteiger partial charge in [0.25, 0.3) is 0 Å². The number of hydrogen-bond donors (Lipinski definition) is 0. The molecule has 1 aromatic carbocycles. The number of rotatable bonds is 2. The van der Waals surface area contributed by atoms with E-state index in [9.17, 15) is 4.79 Å². The predicted molar refractivity (Wildman–Crippen MR) is 53.3 cm³/mol. The maximum atomic E-state index is 11.4. The largest absolute Gasteiger partial charge is 0.294 e. The third-order valence-electron chi connectivity index (χ3n) is 2.27. The Hall–Kier alpha value is -1.37. The molecule has 1 heteroatoms. The lowest BCUT2D eigenvalue weighted by atomic mass is 10.0. The molecule has 0 spiro atoms. The monoisotopic (exact) mass is 172 g/mol. The van der Waals surface area contributed by atoms with Gasteiger partial charge in [0.05, 0.1) is 0 Å². The summed E-state index contributed by atoms with van der Waals surface area (Å²) >= 11 is 0. The fourth-order valence-electron chi connectivity index (χ4n) is 1.57. The molecule has 0 bridgehead atoms. The molecule has 0 radical (unpaired) electrons. The van der Waals surface area contributed by atoms with E-state index in [-0.39, 0.29) is 5.78 Å². The van der Waals surface area contributed by atoms with Gasteiger partial charge in [-0.25, -0.2) is 0 Å². The van der Waals surface area contributed by atoms with Crippen molar-refractivity contribution in [3.8, 4) is 0 Å². The van der Waals surface area contributed by atoms with Gasteiger partial charge in [0.15, 0.2) is 5.78 Å². The van der Waals surface area contributed by atoms with Gasteiger partial charge in [0, 0.05) is 5.57 Å². The van der Waals surface area contributed by atoms with Crippen LogP contribution in [-0.2, 0) is 4.79 Å². The molecule has 1 aliphatic carbocycles. The molecule has 0 heterocycles. The molecular weight excluding hydrogens is 160 g/mol. The van der Waals surface area contributed by atoms with Gasteiger partial charge in [-0.05, 0) is 25.3 Å². The van der Waals surface area contributed by atoms with Crippen molar-refractivity contribution >= 4 is 11.4 Å². The summed E-state index contributed by atoms with van der Waals surface area (Å²) < 4.78 is 0. The molecule has 0 unspecified atom stereocenters. The van der Waals surface area contributed by atoms with Crippen molar-refractivity contribution < 1.29 is 4.79 Å². The number of ketones is 1. The first-order valence-electron chi connectivity index (χ1n) is 4.57. The van der Waals surface area contributed by atoms with Crippen LogP contribution in [0.4, 0.5) is 0 Å². The van der Waals surface area contributed by atoms with E-state index in [1.54, 1.807) is 6.92 Å². The summed E-state index contributed by atoms with van der Waals surface area (Å²) in [6, 6.07) is 9.92. The Labute approximate surface area is 78.1 Å². The minimum Gasteiger partial charge on any atom is -0.294 e. The molecule has 0 saturated heterocycles. The van der Waals surface area contributed by atoms with Gasteiger partial charge in [-0.3, -0.25) is 4.79 Å². The Morgan fingerprint density at radius 1 is 1.15 bits per heavy atom. The lowest BCUT2D eigenvalue weighted by molar-refractivity contribution is -0.111. The molecular formula is C12H12O. The molecule has 1 aromatic rings. The van der Waals surface area contributed by atoms with E-state index in [0.29, 0.717) is 0 Å². The first-order chi connectivity index (χ1) is 6.29. The molecule has 0 aromatic heterocycles. The van der Waals surface area contributed by atoms with Crippen molar-refractivity contribution in [2.45, 2.75) is 19.8 Å². The van der Waals surface area contributed by atoms with Crippen molar-refractivity contribution in [1.82, 2.24) is 0 Å². The van der Waals surface area contributed by atoms with Crippen LogP contribution in [-0.4, -0.2) is 5.78 Å². The summed E-state index contributed by atoms with van der Waals surface area (Å²) in [5.41, 5.74) is 3.34. The minimum atomic E-state index is 0.193. The lowest BCUT2D eigenvalue weighted by Crippen LogP contribution is -1.95. The molecule has 0 amide bonds. The summed E-state index contributed by atoms with van der Waals surface area (Å²) in [5, 5.41) is 0. The maximum Gasteiger partial charge on any atom is 0.160 e. The molecule has 1 fully saturated rings. The van der Waals surface area contributed by atoms with Crippen LogP contribution < -0.4 is 0 Å². The van der Waals surface area contributed by atoms with Crippen LogP contribution in [0.5, 0.6) is 0 Å². The van der Waals surface area contributed by atoms with Gasteiger partial charge in [0.2, 0.25) is 0 Å². The molecule has 1 aliphatic rings. The smallest absolute Gasteiger partial charge is 0.160 e. The van der Waals surface area contributed by atoms with Crippen LogP contribution in [0.15, 0.2) is 35.9 Å². The zero-order chi connectivity index (χ0) is 9.26. The van der Waals surface area contributed by atoms with Crippen molar-refractivity contribution in [3.05, 3.63) is 41.5 Å². The van der Waals surface area contributed by atoms with Crippen LogP contribution in [0.25, 0.3) is 5.57 Å². The zero-order valence-corrected chi connectivity index (χ0v) is 7.71. The van der Waals surface area contributed by atoms with Gasteiger partial charge in [-0.2, -0.15) is 0 Å². The van der Waals surface area contributed by atoms with Crippen molar-refractivity contribution in [2.75, 3.05) is 0 Å². The molecule has 13 heavy (non-hydrogen) atoms. The second-order valence-corrected chi connectivity index (χ2v) is 3.40. The third-order valence-corrected chi connectivity index (χ3v) is 2.27. The Balaban J connectivity index is 2.44. The van der Waals surface area contributed by atoms with Gasteiger partial charge < -0.3 is 0 Å². The Kier molecular flexibility index (Phi) is 2.01. The highest BCUT2D eigenvalue weighted by molar-refractivity contribution is 6.21. The summed E-state index contributed by atoms with van der Waals surface area (Å²) in [4.78, 5) is 11.4. The Morgan fingerprint density at radius 3 is 2.23 bits per heavy atom. The van der Waals surface area contributed by atoms with Crippen molar-refractivity contribution in [1.29, 1.82) is 0 Å². The van der Waals surface area contributed by atoms with Crippen LogP contribution in [0.1, 0.15) is 25.3 Å². The lowest BCUT2D eigenvalue weighted by Gasteiger charge is -2.01. The maximum absolute atomic E-state index is 11.4. The van der Waals surface area contributed by atoms with Gasteiger partial charge in [-0.1, -0.05) is 35.9 Å². The predicted octanol–water partition coefficient (Wildman–Crippen LogP) is 2.82. The van der Waals surface area contributed by atoms with Gasteiger partial charge in [-0.15, -0.1) is 0 Å². The fourth-order valence-corrected chi connectivity index (χ4v) is 1.57. The Morgan fingerprint density at radius 2 is 1.77 bits per heavy atom. The molecule has 0 N–H and O–H groups in total. The summed E-state index contributed by atoms with van der Waals surface area (Å²) in [6.07, 6.45) is 2.20. The molecule has 2 rings (SSSR count).